The molecule has 0 atom stereocenters. The Labute approximate surface area is 157 Å². The van der Waals surface area contributed by atoms with Crippen LogP contribution < -0.4 is 4.74 Å². The minimum absolute atomic E-state index is 0.180. The molecule has 0 aliphatic carbocycles. The summed E-state index contributed by atoms with van der Waals surface area (Å²) in [5.74, 6) is 1.57. The maximum Gasteiger partial charge on any atom is 0.258 e. The molecule has 2 aromatic carbocycles. The largest absolute Gasteiger partial charge is 0.507 e. The highest BCUT2D eigenvalue weighted by molar-refractivity contribution is 14.1. The molecule has 0 radical (unpaired) electrons. The summed E-state index contributed by atoms with van der Waals surface area (Å²) in [4.78, 5) is 4.36. The van der Waals surface area contributed by atoms with E-state index in [9.17, 15) is 5.11 Å². The van der Waals surface area contributed by atoms with Crippen molar-refractivity contribution >= 4 is 34.2 Å². The summed E-state index contributed by atoms with van der Waals surface area (Å²) < 4.78 is 11.6. The Hall–Kier alpha value is -1.80. The Balaban J connectivity index is 1.87. The fourth-order valence-electron chi connectivity index (χ4n) is 2.07. The van der Waals surface area contributed by atoms with E-state index in [2.05, 4.69) is 32.7 Å². The number of nitrogens with zero attached hydrogens (tertiary/aromatic N) is 2. The third-order valence-electron chi connectivity index (χ3n) is 3.27. The molecule has 0 unspecified atom stereocenters. The molecule has 0 bridgehead atoms. The van der Waals surface area contributed by atoms with E-state index in [1.807, 2.05) is 19.1 Å². The Kier molecular flexibility index (Phi) is 5.25. The zero-order valence-electron chi connectivity index (χ0n) is 12.8. The van der Waals surface area contributed by atoms with Gasteiger partial charge in [0.05, 0.1) is 15.2 Å². The fourth-order valence-corrected chi connectivity index (χ4v) is 2.64. The molecule has 0 saturated carbocycles. The first-order valence-corrected chi connectivity index (χ1v) is 8.79. The number of hydrogen-bond donors (Lipinski definition) is 1. The summed E-state index contributed by atoms with van der Waals surface area (Å²) in [6.07, 6.45) is 0.911. The van der Waals surface area contributed by atoms with Gasteiger partial charge in [-0.25, -0.2) is 0 Å². The number of aromatic nitrogens is 2. The van der Waals surface area contributed by atoms with Crippen LogP contribution >= 0.6 is 34.2 Å². The Morgan fingerprint density at radius 1 is 1.21 bits per heavy atom. The third kappa shape index (κ3) is 3.64. The summed E-state index contributed by atoms with van der Waals surface area (Å²) in [5.41, 5.74) is 1.38. The van der Waals surface area contributed by atoms with Crippen molar-refractivity contribution in [3.63, 3.8) is 0 Å². The van der Waals surface area contributed by atoms with Crippen LogP contribution in [0.4, 0.5) is 0 Å². The smallest absolute Gasteiger partial charge is 0.258 e. The van der Waals surface area contributed by atoms with Crippen molar-refractivity contribution < 1.29 is 14.4 Å². The number of phenols is 1. The van der Waals surface area contributed by atoms with Gasteiger partial charge in [0.15, 0.2) is 0 Å². The average Bonchev–Trinajstić information content (AvgIpc) is 3.06. The highest BCUT2D eigenvalue weighted by Gasteiger charge is 2.13. The van der Waals surface area contributed by atoms with Gasteiger partial charge in [0.1, 0.15) is 11.5 Å². The molecular formula is C17H14ClIN2O3. The SMILES string of the molecule is CCCOc1ccc(-c2nc(-c3ccc(I)c(O)c3)no2)cc1Cl. The standard InChI is InChI=1S/C17H14ClIN2O3/c1-2-7-23-15-6-4-11(8-12(15)18)17-20-16(21-24-17)10-3-5-13(19)14(22)9-10/h3-6,8-9,22H,2,7H2,1H3. The molecule has 1 heterocycles. The third-order valence-corrected chi connectivity index (χ3v) is 4.48. The van der Waals surface area contributed by atoms with Gasteiger partial charge in [-0.2, -0.15) is 4.98 Å². The van der Waals surface area contributed by atoms with Crippen LogP contribution in [-0.4, -0.2) is 21.9 Å². The number of benzene rings is 2. The highest BCUT2D eigenvalue weighted by Crippen LogP contribution is 2.31. The molecular weight excluding hydrogens is 443 g/mol. The summed E-state index contributed by atoms with van der Waals surface area (Å²) in [6.45, 7) is 2.64. The first kappa shape index (κ1) is 17.0. The van der Waals surface area contributed by atoms with E-state index in [0.717, 1.165) is 9.99 Å². The first-order valence-electron chi connectivity index (χ1n) is 7.34. The van der Waals surface area contributed by atoms with Gasteiger partial charge in [-0.15, -0.1) is 0 Å². The second-order valence-electron chi connectivity index (χ2n) is 5.08. The summed E-state index contributed by atoms with van der Waals surface area (Å²) in [7, 11) is 0. The zero-order valence-corrected chi connectivity index (χ0v) is 15.7. The minimum Gasteiger partial charge on any atom is -0.507 e. The van der Waals surface area contributed by atoms with Crippen LogP contribution in [0.1, 0.15) is 13.3 Å². The fraction of sp³-hybridized carbons (Fsp3) is 0.176. The van der Waals surface area contributed by atoms with E-state index in [1.165, 1.54) is 0 Å². The van der Waals surface area contributed by atoms with Crippen LogP contribution in [0.15, 0.2) is 40.9 Å². The Bertz CT molecular complexity index is 867. The molecule has 1 aromatic heterocycles. The quantitative estimate of drug-likeness (QED) is 0.537. The van der Waals surface area contributed by atoms with E-state index in [1.54, 1.807) is 24.3 Å². The average molecular weight is 457 g/mol. The molecule has 24 heavy (non-hydrogen) atoms. The van der Waals surface area contributed by atoms with Gasteiger partial charge >= 0.3 is 0 Å². The molecule has 0 amide bonds. The van der Waals surface area contributed by atoms with E-state index in [-0.39, 0.29) is 5.75 Å². The number of ether oxygens (including phenoxy) is 1. The van der Waals surface area contributed by atoms with Crippen LogP contribution in [0.2, 0.25) is 5.02 Å². The Morgan fingerprint density at radius 2 is 2.00 bits per heavy atom. The van der Waals surface area contributed by atoms with Gasteiger partial charge in [0.2, 0.25) is 5.82 Å². The van der Waals surface area contributed by atoms with Gasteiger partial charge in [-0.3, -0.25) is 0 Å². The van der Waals surface area contributed by atoms with E-state index >= 15 is 0 Å². The van der Waals surface area contributed by atoms with Crippen molar-refractivity contribution in [1.82, 2.24) is 10.1 Å². The van der Waals surface area contributed by atoms with Crippen molar-refractivity contribution in [2.75, 3.05) is 6.61 Å². The van der Waals surface area contributed by atoms with Gasteiger partial charge in [0.25, 0.3) is 5.89 Å². The molecule has 3 rings (SSSR count). The lowest BCUT2D eigenvalue weighted by Gasteiger charge is -2.06. The van der Waals surface area contributed by atoms with Crippen molar-refractivity contribution in [1.29, 1.82) is 0 Å². The minimum atomic E-state index is 0.180. The second kappa shape index (κ2) is 7.40. The van der Waals surface area contributed by atoms with Crippen LogP contribution in [0.3, 0.4) is 0 Å². The predicted octanol–water partition coefficient (Wildman–Crippen LogP) is 5.16. The molecule has 124 valence electrons. The van der Waals surface area contributed by atoms with Gasteiger partial charge < -0.3 is 14.4 Å². The molecule has 5 nitrogen and oxygen atoms in total. The lowest BCUT2D eigenvalue weighted by molar-refractivity contribution is 0.317. The topological polar surface area (TPSA) is 68.4 Å². The maximum absolute atomic E-state index is 9.80. The summed E-state index contributed by atoms with van der Waals surface area (Å²) >= 11 is 8.28. The predicted molar refractivity (Wildman–Crippen MR) is 100 cm³/mol. The summed E-state index contributed by atoms with van der Waals surface area (Å²) in [5, 5.41) is 14.3. The van der Waals surface area contributed by atoms with Gasteiger partial charge in [0, 0.05) is 11.1 Å². The maximum atomic E-state index is 9.80. The lowest BCUT2D eigenvalue weighted by Crippen LogP contribution is -1.95. The summed E-state index contributed by atoms with van der Waals surface area (Å²) in [6, 6.07) is 10.6. The molecule has 0 saturated heterocycles. The van der Waals surface area contributed by atoms with Gasteiger partial charge in [-0.1, -0.05) is 23.7 Å². The van der Waals surface area contributed by atoms with Crippen molar-refractivity contribution in [3.05, 3.63) is 45.0 Å². The van der Waals surface area contributed by atoms with Crippen LogP contribution in [0.25, 0.3) is 22.8 Å². The van der Waals surface area contributed by atoms with E-state index in [4.69, 9.17) is 20.9 Å². The molecule has 0 fully saturated rings. The molecule has 0 spiro atoms. The number of halogens is 2. The lowest BCUT2D eigenvalue weighted by atomic mass is 10.2. The van der Waals surface area contributed by atoms with Crippen molar-refractivity contribution in [2.24, 2.45) is 0 Å². The van der Waals surface area contributed by atoms with E-state index < -0.39 is 0 Å². The van der Waals surface area contributed by atoms with E-state index in [0.29, 0.717) is 40.2 Å². The number of aromatic hydroxyl groups is 1. The molecule has 0 aliphatic heterocycles. The molecule has 7 heteroatoms. The Morgan fingerprint density at radius 3 is 2.71 bits per heavy atom. The monoisotopic (exact) mass is 456 g/mol. The van der Waals surface area contributed by atoms with Crippen molar-refractivity contribution in [3.8, 4) is 34.3 Å². The number of hydrogen-bond acceptors (Lipinski definition) is 5. The molecule has 3 aromatic rings. The van der Waals surface area contributed by atoms with Gasteiger partial charge in [-0.05, 0) is 65.4 Å². The number of rotatable bonds is 5. The van der Waals surface area contributed by atoms with Crippen molar-refractivity contribution in [2.45, 2.75) is 13.3 Å². The normalized spacial score (nSPS) is 10.8. The van der Waals surface area contributed by atoms with Crippen LogP contribution in [0.5, 0.6) is 11.5 Å². The van der Waals surface area contributed by atoms with Crippen LogP contribution in [0, 0.1) is 3.57 Å². The zero-order chi connectivity index (χ0) is 17.1. The highest BCUT2D eigenvalue weighted by atomic mass is 127. The molecule has 0 aliphatic rings. The molecule has 1 N–H and O–H groups in total. The first-order chi connectivity index (χ1) is 11.6. The number of phenolic OH excluding ortho intramolecular Hbond substituents is 1. The second-order valence-corrected chi connectivity index (χ2v) is 6.65. The van der Waals surface area contributed by atoms with Crippen LogP contribution in [-0.2, 0) is 0 Å².